The van der Waals surface area contributed by atoms with Crippen molar-refractivity contribution in [3.05, 3.63) is 83.2 Å². The van der Waals surface area contributed by atoms with Gasteiger partial charge >= 0.3 is 5.97 Å². The van der Waals surface area contributed by atoms with Gasteiger partial charge < -0.3 is 4.74 Å². The maximum atomic E-state index is 13.8. The van der Waals surface area contributed by atoms with Gasteiger partial charge in [0.15, 0.2) is 4.80 Å². The normalized spacial score (nSPS) is 18.5. The van der Waals surface area contributed by atoms with Crippen molar-refractivity contribution in [2.24, 2.45) is 4.99 Å². The number of anilines is 1. The van der Waals surface area contributed by atoms with Crippen LogP contribution in [-0.2, 0) is 19.1 Å². The van der Waals surface area contributed by atoms with Gasteiger partial charge in [-0.15, -0.1) is 11.3 Å². The summed E-state index contributed by atoms with van der Waals surface area (Å²) in [5.74, 6) is -1.52. The van der Waals surface area contributed by atoms with E-state index in [1.54, 1.807) is 38.1 Å². The second-order valence-electron chi connectivity index (χ2n) is 7.69. The van der Waals surface area contributed by atoms with Gasteiger partial charge in [0.05, 0.1) is 29.1 Å². The lowest BCUT2D eigenvalue weighted by atomic mass is 10.0. The van der Waals surface area contributed by atoms with Gasteiger partial charge in [-0.25, -0.2) is 14.7 Å². The molecule has 2 aliphatic heterocycles. The Kier molecular flexibility index (Phi) is 5.41. The summed E-state index contributed by atoms with van der Waals surface area (Å²) in [5, 5.41) is 1.87. The van der Waals surface area contributed by atoms with Crippen molar-refractivity contribution in [1.82, 2.24) is 4.57 Å². The molecule has 10 heteroatoms. The van der Waals surface area contributed by atoms with Crippen molar-refractivity contribution in [3.63, 3.8) is 0 Å². The third-order valence-electron chi connectivity index (χ3n) is 5.68. The summed E-state index contributed by atoms with van der Waals surface area (Å²) in [6, 6.07) is 9.86. The van der Waals surface area contributed by atoms with E-state index in [0.29, 0.717) is 21.7 Å². The summed E-state index contributed by atoms with van der Waals surface area (Å²) in [6.07, 6.45) is 0. The molecule has 3 aromatic rings. The van der Waals surface area contributed by atoms with E-state index in [1.807, 2.05) is 17.5 Å². The number of thiophene rings is 1. The zero-order valence-electron chi connectivity index (χ0n) is 18.5. The molecule has 0 spiro atoms. The smallest absolute Gasteiger partial charge is 0.338 e. The lowest BCUT2D eigenvalue weighted by Crippen LogP contribution is -2.41. The Labute approximate surface area is 201 Å². The van der Waals surface area contributed by atoms with Crippen LogP contribution in [0.3, 0.4) is 0 Å². The fraction of sp³-hybridized carbons (Fsp3) is 0.208. The lowest BCUT2D eigenvalue weighted by Gasteiger charge is -2.23. The van der Waals surface area contributed by atoms with Crippen molar-refractivity contribution < 1.29 is 19.1 Å². The molecule has 0 saturated heterocycles. The van der Waals surface area contributed by atoms with Crippen LogP contribution in [0.2, 0.25) is 0 Å². The van der Waals surface area contributed by atoms with Gasteiger partial charge in [0.2, 0.25) is 5.91 Å². The van der Waals surface area contributed by atoms with Crippen LogP contribution in [0.25, 0.3) is 5.57 Å². The molecule has 8 nitrogen and oxygen atoms in total. The molecule has 0 N–H and O–H groups in total. The third-order valence-corrected chi connectivity index (χ3v) is 7.66. The number of fused-ring (bicyclic) bond motifs is 2. The molecule has 5 rings (SSSR count). The Bertz CT molecular complexity index is 1580. The predicted molar refractivity (Wildman–Crippen MR) is 128 cm³/mol. The Morgan fingerprint density at radius 1 is 1.15 bits per heavy atom. The number of hydrogen-bond donors (Lipinski definition) is 0. The predicted octanol–water partition coefficient (Wildman–Crippen LogP) is 2.12. The number of allylic oxidation sites excluding steroid dienone is 1. The molecule has 0 radical (unpaired) electrons. The Balaban J connectivity index is 1.83. The first kappa shape index (κ1) is 22.2. The molecule has 1 atom stereocenters. The molecule has 2 aromatic heterocycles. The summed E-state index contributed by atoms with van der Waals surface area (Å²) < 4.78 is 6.91. The van der Waals surface area contributed by atoms with Gasteiger partial charge in [0, 0.05) is 17.4 Å². The van der Waals surface area contributed by atoms with Crippen LogP contribution in [0.5, 0.6) is 0 Å². The molecule has 0 saturated carbocycles. The van der Waals surface area contributed by atoms with Gasteiger partial charge in [0.25, 0.3) is 11.5 Å². The molecule has 1 aromatic carbocycles. The SMILES string of the molecule is CCOC(=O)C1=C(C)N=c2s/c(=C3\C(=O)N(C(C)=O)c4ccccc43)c(=O)n2[C@H]1c1cccs1. The average molecular weight is 494 g/mol. The number of para-hydroxylation sites is 1. The van der Waals surface area contributed by atoms with Crippen LogP contribution in [-0.4, -0.2) is 29.0 Å². The van der Waals surface area contributed by atoms with E-state index in [9.17, 15) is 19.2 Å². The number of carbonyl (C=O) groups is 3. The maximum Gasteiger partial charge on any atom is 0.338 e. The third kappa shape index (κ3) is 3.21. The molecule has 4 heterocycles. The number of carbonyl (C=O) groups excluding carboxylic acids is 3. The van der Waals surface area contributed by atoms with E-state index in [-0.39, 0.29) is 22.3 Å². The second kappa shape index (κ2) is 8.30. The van der Waals surface area contributed by atoms with Gasteiger partial charge in [-0.05, 0) is 31.4 Å². The lowest BCUT2D eigenvalue weighted by molar-refractivity contribution is -0.139. The van der Waals surface area contributed by atoms with Crippen molar-refractivity contribution in [2.75, 3.05) is 11.5 Å². The van der Waals surface area contributed by atoms with Gasteiger partial charge in [-0.2, -0.15) is 0 Å². The summed E-state index contributed by atoms with van der Waals surface area (Å²) in [6.45, 7) is 4.92. The van der Waals surface area contributed by atoms with Gasteiger partial charge in [0.1, 0.15) is 10.6 Å². The first-order valence-electron chi connectivity index (χ1n) is 10.5. The van der Waals surface area contributed by atoms with Gasteiger partial charge in [-0.3, -0.25) is 19.0 Å². The minimum atomic E-state index is -0.722. The highest BCUT2D eigenvalue weighted by Gasteiger charge is 2.38. The molecule has 0 unspecified atom stereocenters. The van der Waals surface area contributed by atoms with E-state index in [0.717, 1.165) is 21.1 Å². The van der Waals surface area contributed by atoms with E-state index in [1.165, 1.54) is 22.8 Å². The topological polar surface area (TPSA) is 98.0 Å². The number of ether oxygens (including phenoxy) is 1. The number of thiazole rings is 1. The second-order valence-corrected chi connectivity index (χ2v) is 9.65. The van der Waals surface area contributed by atoms with Crippen LogP contribution in [0.15, 0.2) is 62.8 Å². The standard InChI is InChI=1S/C24H19N3O5S2/c1-4-32-23(31)17-12(2)25-24-27(19(17)16-10-7-11-33-16)22(30)20(34-24)18-14-8-5-6-9-15(14)26(13(3)28)21(18)29/h5-11,19H,4H2,1-3H3/b20-18-/t19-/m0/s1. The zero-order chi connectivity index (χ0) is 24.1. The highest BCUT2D eigenvalue weighted by atomic mass is 32.1. The van der Waals surface area contributed by atoms with Crippen molar-refractivity contribution in [3.8, 4) is 0 Å². The molecular formula is C24H19N3O5S2. The Morgan fingerprint density at radius 2 is 1.91 bits per heavy atom. The first-order chi connectivity index (χ1) is 16.3. The van der Waals surface area contributed by atoms with Crippen molar-refractivity contribution in [1.29, 1.82) is 0 Å². The Morgan fingerprint density at radius 3 is 2.59 bits per heavy atom. The largest absolute Gasteiger partial charge is 0.463 e. The molecule has 0 fully saturated rings. The van der Waals surface area contributed by atoms with E-state index in [2.05, 4.69) is 4.99 Å². The maximum absolute atomic E-state index is 13.8. The van der Waals surface area contributed by atoms with E-state index >= 15 is 0 Å². The number of aromatic nitrogens is 1. The molecule has 2 aliphatic rings. The number of nitrogens with zero attached hydrogens (tertiary/aromatic N) is 3. The number of benzene rings is 1. The molecule has 172 valence electrons. The summed E-state index contributed by atoms with van der Waals surface area (Å²) >= 11 is 2.49. The number of amides is 2. The van der Waals surface area contributed by atoms with Crippen LogP contribution in [0.4, 0.5) is 5.69 Å². The number of imide groups is 1. The quantitative estimate of drug-likeness (QED) is 0.521. The number of hydrogen-bond acceptors (Lipinski definition) is 8. The molecule has 0 bridgehead atoms. The minimum absolute atomic E-state index is 0.165. The van der Waals surface area contributed by atoms with Crippen LogP contribution < -0.4 is 19.8 Å². The molecule has 2 amide bonds. The summed E-state index contributed by atoms with van der Waals surface area (Å²) in [7, 11) is 0. The number of rotatable bonds is 3. The summed E-state index contributed by atoms with van der Waals surface area (Å²) in [5.41, 5.74) is 1.43. The molecule has 0 aliphatic carbocycles. The average Bonchev–Trinajstić information content (AvgIpc) is 3.49. The molecular weight excluding hydrogens is 474 g/mol. The first-order valence-corrected chi connectivity index (χ1v) is 12.2. The van der Waals surface area contributed by atoms with E-state index in [4.69, 9.17) is 4.74 Å². The van der Waals surface area contributed by atoms with Crippen LogP contribution >= 0.6 is 22.7 Å². The van der Waals surface area contributed by atoms with Crippen molar-refractivity contribution >= 4 is 51.7 Å². The van der Waals surface area contributed by atoms with Gasteiger partial charge in [-0.1, -0.05) is 35.6 Å². The van der Waals surface area contributed by atoms with Crippen LogP contribution in [0.1, 0.15) is 37.3 Å². The number of esters is 1. The van der Waals surface area contributed by atoms with E-state index < -0.39 is 29.4 Å². The monoisotopic (exact) mass is 493 g/mol. The fourth-order valence-electron chi connectivity index (χ4n) is 4.31. The highest BCUT2D eigenvalue weighted by molar-refractivity contribution is 7.10. The minimum Gasteiger partial charge on any atom is -0.463 e. The van der Waals surface area contributed by atoms with Crippen LogP contribution in [0, 0.1) is 0 Å². The zero-order valence-corrected chi connectivity index (χ0v) is 20.2. The molecule has 34 heavy (non-hydrogen) atoms. The Hall–Kier alpha value is -3.63. The highest BCUT2D eigenvalue weighted by Crippen LogP contribution is 2.36. The summed E-state index contributed by atoms with van der Waals surface area (Å²) in [4.78, 5) is 59.0. The fourth-order valence-corrected chi connectivity index (χ4v) is 6.27. The van der Waals surface area contributed by atoms with Crippen molar-refractivity contribution in [2.45, 2.75) is 26.8 Å².